The molecule has 2 nitrogen and oxygen atoms in total. The maximum absolute atomic E-state index is 9.67. The van der Waals surface area contributed by atoms with E-state index in [1.165, 1.54) is 0 Å². The fourth-order valence-corrected chi connectivity index (χ4v) is 1.82. The number of halogens is 1. The minimum atomic E-state index is 0.0459. The Balaban J connectivity index is 2.18. The molecule has 2 aromatic rings. The van der Waals surface area contributed by atoms with Gasteiger partial charge < -0.3 is 5.11 Å². The number of phenolic OH excluding ortho intramolecular Hbond substituents is 1. The van der Waals surface area contributed by atoms with Crippen LogP contribution in [-0.2, 0) is 0 Å². The number of hydrogen-bond acceptors (Lipinski definition) is 2. The Morgan fingerprint density at radius 1 is 1.17 bits per heavy atom. The average Bonchev–Trinajstić information content (AvgIpc) is 2.40. The second-order valence-electron chi connectivity index (χ2n) is 4.07. The average molecular weight is 260 g/mol. The zero-order valence-electron chi connectivity index (χ0n) is 10.0. The summed E-state index contributed by atoms with van der Waals surface area (Å²) in [7, 11) is 0. The van der Waals surface area contributed by atoms with Crippen LogP contribution >= 0.6 is 11.6 Å². The van der Waals surface area contributed by atoms with Gasteiger partial charge in [0, 0.05) is 16.8 Å². The Morgan fingerprint density at radius 3 is 2.61 bits per heavy atom. The van der Waals surface area contributed by atoms with Crippen molar-refractivity contribution >= 4 is 17.8 Å². The van der Waals surface area contributed by atoms with E-state index in [9.17, 15) is 5.11 Å². The molecule has 0 aromatic heterocycles. The van der Waals surface area contributed by atoms with Gasteiger partial charge in [-0.25, -0.2) is 0 Å². The standard InChI is InChI=1S/C15H14ClNO/c1-11(12-5-3-2-4-6-12)17-10-13-9-14(16)7-8-15(13)18/h2-11,18H,1H3/t11-/m1/s1. The topological polar surface area (TPSA) is 32.6 Å². The van der Waals surface area contributed by atoms with Crippen molar-refractivity contribution in [1.82, 2.24) is 0 Å². The van der Waals surface area contributed by atoms with Crippen LogP contribution in [0, 0.1) is 0 Å². The van der Waals surface area contributed by atoms with Crippen molar-refractivity contribution in [1.29, 1.82) is 0 Å². The predicted octanol–water partition coefficient (Wildman–Crippen LogP) is 4.23. The summed E-state index contributed by atoms with van der Waals surface area (Å²) in [4.78, 5) is 4.42. The zero-order chi connectivity index (χ0) is 13.0. The van der Waals surface area contributed by atoms with E-state index < -0.39 is 0 Å². The van der Waals surface area contributed by atoms with E-state index in [2.05, 4.69) is 4.99 Å². The molecule has 3 heteroatoms. The highest BCUT2D eigenvalue weighted by Gasteiger charge is 2.02. The maximum atomic E-state index is 9.67. The molecule has 0 saturated heterocycles. The molecule has 0 aliphatic heterocycles. The van der Waals surface area contributed by atoms with E-state index in [1.807, 2.05) is 37.3 Å². The number of rotatable bonds is 3. The van der Waals surface area contributed by atoms with Gasteiger partial charge in [-0.15, -0.1) is 0 Å². The highest BCUT2D eigenvalue weighted by molar-refractivity contribution is 6.30. The van der Waals surface area contributed by atoms with Gasteiger partial charge in [-0.05, 0) is 30.7 Å². The smallest absolute Gasteiger partial charge is 0.124 e. The molecule has 1 atom stereocenters. The molecule has 92 valence electrons. The fraction of sp³-hybridized carbons (Fsp3) is 0.133. The molecule has 0 radical (unpaired) electrons. The van der Waals surface area contributed by atoms with Gasteiger partial charge in [-0.1, -0.05) is 41.9 Å². The molecule has 18 heavy (non-hydrogen) atoms. The van der Waals surface area contributed by atoms with E-state index in [4.69, 9.17) is 11.6 Å². The van der Waals surface area contributed by atoms with Crippen LogP contribution in [0.3, 0.4) is 0 Å². The summed E-state index contributed by atoms with van der Waals surface area (Å²) in [5.41, 5.74) is 1.76. The molecule has 0 unspecified atom stereocenters. The zero-order valence-corrected chi connectivity index (χ0v) is 10.8. The van der Waals surface area contributed by atoms with Gasteiger partial charge in [-0.2, -0.15) is 0 Å². The van der Waals surface area contributed by atoms with Crippen molar-refractivity contribution in [2.75, 3.05) is 0 Å². The van der Waals surface area contributed by atoms with Gasteiger partial charge in [0.2, 0.25) is 0 Å². The first-order valence-electron chi connectivity index (χ1n) is 5.73. The molecular formula is C15H14ClNO. The summed E-state index contributed by atoms with van der Waals surface area (Å²) in [6.45, 7) is 2.01. The van der Waals surface area contributed by atoms with Gasteiger partial charge in [0.05, 0.1) is 6.04 Å². The molecule has 0 amide bonds. The van der Waals surface area contributed by atoms with E-state index >= 15 is 0 Å². The lowest BCUT2D eigenvalue weighted by Crippen LogP contribution is -1.91. The normalized spacial score (nSPS) is 12.8. The number of phenols is 1. The van der Waals surface area contributed by atoms with Crippen LogP contribution in [0.2, 0.25) is 5.02 Å². The van der Waals surface area contributed by atoms with Gasteiger partial charge in [0.1, 0.15) is 5.75 Å². The monoisotopic (exact) mass is 259 g/mol. The molecule has 1 N–H and O–H groups in total. The minimum absolute atomic E-state index is 0.0459. The van der Waals surface area contributed by atoms with Crippen LogP contribution < -0.4 is 0 Å². The van der Waals surface area contributed by atoms with Crippen LogP contribution in [-0.4, -0.2) is 11.3 Å². The Kier molecular flexibility index (Phi) is 4.00. The summed E-state index contributed by atoms with van der Waals surface area (Å²) in [5, 5.41) is 10.3. The van der Waals surface area contributed by atoms with Gasteiger partial charge in [-0.3, -0.25) is 4.99 Å². The van der Waals surface area contributed by atoms with Crippen LogP contribution in [0.15, 0.2) is 53.5 Å². The molecular weight excluding hydrogens is 246 g/mol. The molecule has 0 aliphatic rings. The third-order valence-corrected chi connectivity index (χ3v) is 2.94. The molecule has 2 rings (SSSR count). The van der Waals surface area contributed by atoms with Crippen molar-refractivity contribution in [3.8, 4) is 5.75 Å². The van der Waals surface area contributed by atoms with Crippen LogP contribution in [0.25, 0.3) is 0 Å². The first kappa shape index (κ1) is 12.7. The maximum Gasteiger partial charge on any atom is 0.124 e. The summed E-state index contributed by atoms with van der Waals surface area (Å²) in [6, 6.07) is 15.0. The summed E-state index contributed by atoms with van der Waals surface area (Å²) in [5.74, 6) is 0.184. The third kappa shape index (κ3) is 3.11. The Morgan fingerprint density at radius 2 is 1.89 bits per heavy atom. The SMILES string of the molecule is C[C@@H](N=Cc1cc(Cl)ccc1O)c1ccccc1. The molecule has 0 heterocycles. The largest absolute Gasteiger partial charge is 0.507 e. The van der Waals surface area contributed by atoms with Gasteiger partial charge in [0.25, 0.3) is 0 Å². The van der Waals surface area contributed by atoms with Crippen molar-refractivity contribution in [2.24, 2.45) is 4.99 Å². The number of hydrogen-bond donors (Lipinski definition) is 1. The van der Waals surface area contributed by atoms with Gasteiger partial charge >= 0.3 is 0 Å². The number of benzene rings is 2. The second-order valence-corrected chi connectivity index (χ2v) is 4.50. The Bertz CT molecular complexity index is 552. The van der Waals surface area contributed by atoms with Crippen molar-refractivity contribution in [3.63, 3.8) is 0 Å². The van der Waals surface area contributed by atoms with Crippen molar-refractivity contribution in [3.05, 3.63) is 64.7 Å². The minimum Gasteiger partial charge on any atom is -0.507 e. The number of nitrogens with zero attached hydrogens (tertiary/aromatic N) is 1. The lowest BCUT2D eigenvalue weighted by atomic mass is 10.1. The van der Waals surface area contributed by atoms with Crippen molar-refractivity contribution in [2.45, 2.75) is 13.0 Å². The molecule has 0 spiro atoms. The van der Waals surface area contributed by atoms with E-state index in [1.54, 1.807) is 24.4 Å². The molecule has 0 aliphatic carbocycles. The molecule has 0 fully saturated rings. The first-order valence-corrected chi connectivity index (χ1v) is 6.11. The summed E-state index contributed by atoms with van der Waals surface area (Å²) in [6.07, 6.45) is 1.65. The predicted molar refractivity (Wildman–Crippen MR) is 75.6 cm³/mol. The van der Waals surface area contributed by atoms with Crippen LogP contribution in [0.4, 0.5) is 0 Å². The first-order chi connectivity index (χ1) is 8.66. The number of aliphatic imine (C=N–C) groups is 1. The van der Waals surface area contributed by atoms with Gasteiger partial charge in [0.15, 0.2) is 0 Å². The molecule has 2 aromatic carbocycles. The number of aromatic hydroxyl groups is 1. The van der Waals surface area contributed by atoms with E-state index in [0.29, 0.717) is 10.6 Å². The quantitative estimate of drug-likeness (QED) is 0.822. The van der Waals surface area contributed by atoms with Crippen LogP contribution in [0.5, 0.6) is 5.75 Å². The van der Waals surface area contributed by atoms with Crippen LogP contribution in [0.1, 0.15) is 24.1 Å². The Hall–Kier alpha value is -1.80. The summed E-state index contributed by atoms with van der Waals surface area (Å²) < 4.78 is 0. The highest BCUT2D eigenvalue weighted by Crippen LogP contribution is 2.21. The molecule has 0 saturated carbocycles. The van der Waals surface area contributed by atoms with Crippen molar-refractivity contribution < 1.29 is 5.11 Å². The van der Waals surface area contributed by atoms with E-state index in [-0.39, 0.29) is 11.8 Å². The lowest BCUT2D eigenvalue weighted by Gasteiger charge is -2.06. The third-order valence-electron chi connectivity index (χ3n) is 2.71. The highest BCUT2D eigenvalue weighted by atomic mass is 35.5. The molecule has 0 bridgehead atoms. The Labute approximate surface area is 112 Å². The van der Waals surface area contributed by atoms with E-state index in [0.717, 1.165) is 5.56 Å². The second kappa shape index (κ2) is 5.69. The summed E-state index contributed by atoms with van der Waals surface area (Å²) >= 11 is 5.88. The lowest BCUT2D eigenvalue weighted by molar-refractivity contribution is 0.474. The fourth-order valence-electron chi connectivity index (χ4n) is 1.64.